The van der Waals surface area contributed by atoms with Crippen LogP contribution in [-0.4, -0.2) is 24.5 Å². The van der Waals surface area contributed by atoms with Crippen LogP contribution < -0.4 is 5.32 Å². The van der Waals surface area contributed by atoms with Crippen LogP contribution in [0, 0.1) is 6.92 Å². The smallest absolute Gasteiger partial charge is 0.328 e. The van der Waals surface area contributed by atoms with Crippen molar-refractivity contribution in [2.24, 2.45) is 0 Å². The van der Waals surface area contributed by atoms with Crippen molar-refractivity contribution in [1.29, 1.82) is 0 Å². The minimum Gasteiger partial charge on any atom is -0.328 e. The molecular formula is C12H15F3N2O. The normalized spacial score (nSPS) is 11.2. The van der Waals surface area contributed by atoms with E-state index >= 15 is 0 Å². The summed E-state index contributed by atoms with van der Waals surface area (Å²) in [4.78, 5) is 13.0. The molecule has 0 aromatic heterocycles. The Balaban J connectivity index is 2.99. The quantitative estimate of drug-likeness (QED) is 0.867. The Morgan fingerprint density at radius 3 is 2.50 bits per heavy atom. The summed E-state index contributed by atoms with van der Waals surface area (Å²) in [5.74, 6) is 0. The fraction of sp³-hybridized carbons (Fsp3) is 0.417. The molecule has 6 heteroatoms. The van der Waals surface area contributed by atoms with E-state index in [0.29, 0.717) is 12.1 Å². The zero-order valence-corrected chi connectivity index (χ0v) is 10.4. The molecule has 0 unspecified atom stereocenters. The molecule has 100 valence electrons. The summed E-state index contributed by atoms with van der Waals surface area (Å²) in [5.41, 5.74) is -0.0153. The van der Waals surface area contributed by atoms with Crippen LogP contribution in [0.25, 0.3) is 0 Å². The van der Waals surface area contributed by atoms with E-state index in [2.05, 4.69) is 5.32 Å². The van der Waals surface area contributed by atoms with E-state index in [1.54, 1.807) is 20.9 Å². The van der Waals surface area contributed by atoms with E-state index in [-0.39, 0.29) is 5.69 Å². The maximum Gasteiger partial charge on any atom is 0.416 e. The lowest BCUT2D eigenvalue weighted by atomic mass is 10.1. The first-order valence-electron chi connectivity index (χ1n) is 5.45. The molecule has 0 fully saturated rings. The average Bonchev–Trinajstić information content (AvgIpc) is 2.29. The Kier molecular flexibility index (Phi) is 4.21. The van der Waals surface area contributed by atoms with Gasteiger partial charge in [0.15, 0.2) is 0 Å². The van der Waals surface area contributed by atoms with Gasteiger partial charge in [0, 0.05) is 19.3 Å². The average molecular weight is 260 g/mol. The lowest BCUT2D eigenvalue weighted by Gasteiger charge is -2.17. The van der Waals surface area contributed by atoms with Crippen molar-refractivity contribution in [2.75, 3.05) is 18.9 Å². The van der Waals surface area contributed by atoms with Gasteiger partial charge in [-0.3, -0.25) is 0 Å². The van der Waals surface area contributed by atoms with Crippen molar-refractivity contribution in [2.45, 2.75) is 20.0 Å². The third-order valence-corrected chi connectivity index (χ3v) is 2.63. The maximum atomic E-state index is 12.5. The van der Waals surface area contributed by atoms with Crippen LogP contribution in [0.15, 0.2) is 18.2 Å². The molecule has 1 aromatic rings. The van der Waals surface area contributed by atoms with Gasteiger partial charge in [0.1, 0.15) is 0 Å². The fourth-order valence-electron chi connectivity index (χ4n) is 1.29. The lowest BCUT2D eigenvalue weighted by Crippen LogP contribution is -2.31. The van der Waals surface area contributed by atoms with Crippen molar-refractivity contribution in [3.63, 3.8) is 0 Å². The van der Waals surface area contributed by atoms with Crippen LogP contribution in [0.3, 0.4) is 0 Å². The Labute approximate surface area is 104 Å². The van der Waals surface area contributed by atoms with Crippen molar-refractivity contribution < 1.29 is 18.0 Å². The number of halogens is 3. The predicted molar refractivity (Wildman–Crippen MR) is 63.5 cm³/mol. The van der Waals surface area contributed by atoms with Crippen molar-refractivity contribution in [3.05, 3.63) is 29.3 Å². The molecule has 0 aliphatic rings. The minimum absolute atomic E-state index is 0.176. The second-order valence-electron chi connectivity index (χ2n) is 3.97. The van der Waals surface area contributed by atoms with Crippen LogP contribution in [0.2, 0.25) is 0 Å². The molecule has 0 saturated heterocycles. The summed E-state index contributed by atoms with van der Waals surface area (Å²) in [6.07, 6.45) is -4.41. The van der Waals surface area contributed by atoms with Crippen molar-refractivity contribution in [1.82, 2.24) is 4.90 Å². The van der Waals surface area contributed by atoms with Gasteiger partial charge in [0.2, 0.25) is 0 Å². The monoisotopic (exact) mass is 260 g/mol. The van der Waals surface area contributed by atoms with Gasteiger partial charge in [0.05, 0.1) is 5.56 Å². The Bertz CT molecular complexity index is 443. The van der Waals surface area contributed by atoms with Gasteiger partial charge < -0.3 is 10.2 Å². The Hall–Kier alpha value is -1.72. The standard InChI is InChI=1S/C12H15F3N2O/c1-4-17(3)11(18)16-10-7-9(12(13,14)15)6-5-8(10)2/h5-7H,4H2,1-3H3,(H,16,18). The lowest BCUT2D eigenvalue weighted by molar-refractivity contribution is -0.137. The molecule has 0 heterocycles. The minimum atomic E-state index is -4.41. The first-order chi connectivity index (χ1) is 8.25. The number of hydrogen-bond acceptors (Lipinski definition) is 1. The van der Waals surface area contributed by atoms with Crippen molar-refractivity contribution >= 4 is 11.7 Å². The molecule has 0 aliphatic heterocycles. The molecule has 0 aliphatic carbocycles. The summed E-state index contributed by atoms with van der Waals surface area (Å²) >= 11 is 0. The summed E-state index contributed by atoms with van der Waals surface area (Å²) in [7, 11) is 1.57. The molecule has 0 atom stereocenters. The highest BCUT2D eigenvalue weighted by Gasteiger charge is 2.30. The predicted octanol–water partition coefficient (Wildman–Crippen LogP) is 3.50. The largest absolute Gasteiger partial charge is 0.416 e. The van der Waals surface area contributed by atoms with E-state index in [0.717, 1.165) is 12.1 Å². The number of benzene rings is 1. The SMILES string of the molecule is CCN(C)C(=O)Nc1cc(C(F)(F)F)ccc1C. The molecule has 1 N–H and O–H groups in total. The van der Waals surface area contributed by atoms with Crippen LogP contribution in [0.4, 0.5) is 23.7 Å². The Morgan fingerprint density at radius 1 is 1.39 bits per heavy atom. The summed E-state index contributed by atoms with van der Waals surface area (Å²) in [5, 5.41) is 2.46. The molecular weight excluding hydrogens is 245 g/mol. The number of carbonyl (C=O) groups is 1. The van der Waals surface area contributed by atoms with Crippen LogP contribution in [0.5, 0.6) is 0 Å². The molecule has 0 radical (unpaired) electrons. The first kappa shape index (κ1) is 14.3. The van der Waals surface area contributed by atoms with Gasteiger partial charge >= 0.3 is 12.2 Å². The van der Waals surface area contributed by atoms with Gasteiger partial charge in [-0.05, 0) is 31.5 Å². The van der Waals surface area contributed by atoms with Gasteiger partial charge in [0.25, 0.3) is 0 Å². The number of hydrogen-bond donors (Lipinski definition) is 1. The number of carbonyl (C=O) groups excluding carboxylic acids is 1. The number of urea groups is 1. The van der Waals surface area contributed by atoms with E-state index in [4.69, 9.17) is 0 Å². The zero-order valence-electron chi connectivity index (χ0n) is 10.4. The fourth-order valence-corrected chi connectivity index (χ4v) is 1.29. The summed E-state index contributed by atoms with van der Waals surface area (Å²) in [6.45, 7) is 3.89. The third kappa shape index (κ3) is 3.38. The van der Waals surface area contributed by atoms with E-state index in [1.807, 2.05) is 0 Å². The number of rotatable bonds is 2. The molecule has 1 rings (SSSR count). The Morgan fingerprint density at radius 2 is 2.00 bits per heavy atom. The highest BCUT2D eigenvalue weighted by Crippen LogP contribution is 2.32. The van der Waals surface area contributed by atoms with Crippen LogP contribution >= 0.6 is 0 Å². The number of aryl methyl sites for hydroxylation is 1. The number of anilines is 1. The second kappa shape index (κ2) is 5.29. The zero-order chi connectivity index (χ0) is 13.9. The number of alkyl halides is 3. The van der Waals surface area contributed by atoms with Crippen LogP contribution in [0.1, 0.15) is 18.1 Å². The molecule has 0 bridgehead atoms. The number of nitrogens with zero attached hydrogens (tertiary/aromatic N) is 1. The molecule has 1 aromatic carbocycles. The first-order valence-corrected chi connectivity index (χ1v) is 5.45. The van der Waals surface area contributed by atoms with Gasteiger partial charge in [-0.25, -0.2) is 4.79 Å². The summed E-state index contributed by atoms with van der Waals surface area (Å²) in [6, 6.07) is 2.84. The van der Waals surface area contributed by atoms with Crippen LogP contribution in [-0.2, 0) is 6.18 Å². The van der Waals surface area contributed by atoms with Gasteiger partial charge in [-0.2, -0.15) is 13.2 Å². The van der Waals surface area contributed by atoms with E-state index < -0.39 is 17.8 Å². The van der Waals surface area contributed by atoms with Crippen molar-refractivity contribution in [3.8, 4) is 0 Å². The maximum absolute atomic E-state index is 12.5. The molecule has 3 nitrogen and oxygen atoms in total. The van der Waals surface area contributed by atoms with Gasteiger partial charge in [-0.1, -0.05) is 6.07 Å². The molecule has 0 spiro atoms. The molecule has 0 saturated carbocycles. The van der Waals surface area contributed by atoms with Gasteiger partial charge in [-0.15, -0.1) is 0 Å². The highest BCUT2D eigenvalue weighted by atomic mass is 19.4. The third-order valence-electron chi connectivity index (χ3n) is 2.63. The summed E-state index contributed by atoms with van der Waals surface area (Å²) < 4.78 is 37.6. The highest BCUT2D eigenvalue weighted by molar-refractivity contribution is 5.90. The number of amides is 2. The molecule has 18 heavy (non-hydrogen) atoms. The topological polar surface area (TPSA) is 32.3 Å². The van der Waals surface area contributed by atoms with E-state index in [9.17, 15) is 18.0 Å². The second-order valence-corrected chi connectivity index (χ2v) is 3.97. The number of nitrogens with one attached hydrogen (secondary N) is 1. The van der Waals surface area contributed by atoms with E-state index in [1.165, 1.54) is 11.0 Å². The molecule has 2 amide bonds.